The number of methoxy groups -OCH3 is 1. The van der Waals surface area contributed by atoms with Gasteiger partial charge in [0.05, 0.1) is 22.2 Å². The van der Waals surface area contributed by atoms with Crippen molar-refractivity contribution in [2.75, 3.05) is 20.4 Å². The Kier molecular flexibility index (Phi) is 9.00. The first kappa shape index (κ1) is 28.9. The highest BCUT2D eigenvalue weighted by Crippen LogP contribution is 2.40. The Balaban J connectivity index is 1.55. The minimum atomic E-state index is -0.639. The summed E-state index contributed by atoms with van der Waals surface area (Å²) in [5, 5.41) is 3.26. The summed E-state index contributed by atoms with van der Waals surface area (Å²) < 4.78 is 35.0. The molecule has 4 aromatic rings. The molecule has 0 unspecified atom stereocenters. The van der Waals surface area contributed by atoms with Gasteiger partial charge in [-0.2, -0.15) is 0 Å². The predicted octanol–water partition coefficient (Wildman–Crippen LogP) is 8.40. The van der Waals surface area contributed by atoms with Crippen LogP contribution in [0.2, 0.25) is 5.02 Å². The van der Waals surface area contributed by atoms with Gasteiger partial charge in [-0.3, -0.25) is 4.79 Å². The smallest absolute Gasteiger partial charge is 0.266 e. The van der Waals surface area contributed by atoms with Crippen LogP contribution in [0.3, 0.4) is 0 Å². The van der Waals surface area contributed by atoms with E-state index < -0.39 is 11.6 Å². The number of fused-ring (bicyclic) bond motifs is 1. The Morgan fingerprint density at radius 2 is 1.73 bits per heavy atom. The zero-order chi connectivity index (χ0) is 28.4. The van der Waals surface area contributed by atoms with E-state index in [1.165, 1.54) is 4.90 Å². The Morgan fingerprint density at radius 3 is 2.35 bits per heavy atom. The van der Waals surface area contributed by atoms with Gasteiger partial charge in [0.15, 0.2) is 0 Å². The third-order valence-electron chi connectivity index (χ3n) is 7.73. The van der Waals surface area contributed by atoms with Crippen LogP contribution >= 0.6 is 34.7 Å². The monoisotopic (exact) mass is 600 g/mol. The van der Waals surface area contributed by atoms with Crippen LogP contribution in [0.25, 0.3) is 21.2 Å². The number of hydrogen-bond acceptors (Lipinski definition) is 5. The van der Waals surface area contributed by atoms with Gasteiger partial charge in [0, 0.05) is 29.1 Å². The molecule has 1 aromatic heterocycles. The number of nitrogens with zero attached hydrogens (tertiary/aromatic N) is 1. The largest absolute Gasteiger partial charge is 0.496 e. The fourth-order valence-corrected chi connectivity index (χ4v) is 7.37. The van der Waals surface area contributed by atoms with Crippen molar-refractivity contribution in [1.29, 1.82) is 0 Å². The second kappa shape index (κ2) is 12.5. The summed E-state index contributed by atoms with van der Waals surface area (Å²) >= 11 is 9.17. The number of hydrogen-bond donors (Lipinski definition) is 1. The van der Waals surface area contributed by atoms with E-state index in [4.69, 9.17) is 16.3 Å². The van der Waals surface area contributed by atoms with E-state index in [0.29, 0.717) is 11.8 Å². The fraction of sp³-hybridized carbons (Fsp3) is 0.323. The Hall–Kier alpha value is -2.65. The topological polar surface area (TPSA) is 41.6 Å². The quantitative estimate of drug-likeness (QED) is 0.206. The lowest BCUT2D eigenvalue weighted by Gasteiger charge is -2.37. The predicted molar refractivity (Wildman–Crippen MR) is 162 cm³/mol. The molecular weight excluding hydrogens is 570 g/mol. The summed E-state index contributed by atoms with van der Waals surface area (Å²) in [6, 6.07) is 16.8. The molecule has 4 nitrogen and oxygen atoms in total. The van der Waals surface area contributed by atoms with Gasteiger partial charge in [0.1, 0.15) is 22.3 Å². The van der Waals surface area contributed by atoms with Gasteiger partial charge in [0.2, 0.25) is 0 Å². The second-order valence-corrected chi connectivity index (χ2v) is 12.2. The minimum Gasteiger partial charge on any atom is -0.496 e. The number of benzene rings is 3. The van der Waals surface area contributed by atoms with Crippen LogP contribution in [0, 0.1) is 11.6 Å². The number of halogens is 3. The minimum absolute atomic E-state index is 0.0366. The molecule has 1 fully saturated rings. The lowest BCUT2D eigenvalue weighted by Crippen LogP contribution is -2.44. The van der Waals surface area contributed by atoms with Crippen LogP contribution in [-0.4, -0.2) is 43.3 Å². The fourth-order valence-electron chi connectivity index (χ4n) is 5.46. The molecule has 1 amide bonds. The van der Waals surface area contributed by atoms with Gasteiger partial charge in [-0.15, -0.1) is 23.1 Å². The Morgan fingerprint density at radius 1 is 1.05 bits per heavy atom. The highest BCUT2D eigenvalue weighted by atomic mass is 35.5. The summed E-state index contributed by atoms with van der Waals surface area (Å²) in [6.45, 7) is 0.281. The molecule has 0 spiro atoms. The molecule has 0 saturated heterocycles. The molecule has 1 aliphatic rings. The van der Waals surface area contributed by atoms with Crippen LogP contribution in [0.15, 0.2) is 59.5 Å². The van der Waals surface area contributed by atoms with E-state index in [-0.39, 0.29) is 38.5 Å². The number of thioether (sulfide) groups is 1. The SMILES string of the molecule is CN[C@H]1CC[C@@H](N(Cc2cc(-c3ccc(SC)cc3)ccc2OC)C(=O)c2sc3c(F)ccc(F)c3c2Cl)CC1. The normalized spacial score (nSPS) is 17.2. The molecule has 3 aromatic carbocycles. The third-order valence-corrected chi connectivity index (χ3v) is 10.1. The molecule has 5 rings (SSSR count). The van der Waals surface area contributed by atoms with Crippen molar-refractivity contribution >= 4 is 50.7 Å². The number of thiophene rings is 1. The third kappa shape index (κ3) is 5.73. The number of carbonyl (C=O) groups excluding carboxylic acids is 1. The summed E-state index contributed by atoms with van der Waals surface area (Å²) in [4.78, 5) is 17.3. The summed E-state index contributed by atoms with van der Waals surface area (Å²) in [6.07, 6.45) is 5.50. The van der Waals surface area contributed by atoms with Crippen molar-refractivity contribution < 1.29 is 18.3 Å². The summed E-state index contributed by atoms with van der Waals surface area (Å²) in [5.41, 5.74) is 2.93. The van der Waals surface area contributed by atoms with Crippen LogP contribution in [-0.2, 0) is 6.54 Å². The first-order valence-electron chi connectivity index (χ1n) is 13.2. The maximum atomic E-state index is 14.6. The first-order valence-corrected chi connectivity index (χ1v) is 15.6. The molecule has 40 heavy (non-hydrogen) atoms. The molecule has 1 aliphatic carbocycles. The van der Waals surface area contributed by atoms with Crippen molar-refractivity contribution in [2.24, 2.45) is 0 Å². The van der Waals surface area contributed by atoms with E-state index in [1.54, 1.807) is 18.9 Å². The van der Waals surface area contributed by atoms with Crippen LogP contribution < -0.4 is 10.1 Å². The molecule has 1 saturated carbocycles. The number of rotatable bonds is 8. The van der Waals surface area contributed by atoms with Crippen LogP contribution in [0.4, 0.5) is 8.78 Å². The van der Waals surface area contributed by atoms with Crippen molar-refractivity contribution in [1.82, 2.24) is 10.2 Å². The van der Waals surface area contributed by atoms with E-state index in [1.807, 2.05) is 30.3 Å². The average Bonchev–Trinajstić information content (AvgIpc) is 3.35. The Labute approximate surface area is 246 Å². The van der Waals surface area contributed by atoms with Crippen LogP contribution in [0.5, 0.6) is 5.75 Å². The van der Waals surface area contributed by atoms with Crippen molar-refractivity contribution in [3.63, 3.8) is 0 Å². The van der Waals surface area contributed by atoms with Gasteiger partial charge in [-0.25, -0.2) is 8.78 Å². The lowest BCUT2D eigenvalue weighted by molar-refractivity contribution is 0.0604. The van der Waals surface area contributed by atoms with E-state index in [0.717, 1.165) is 65.8 Å². The standard InChI is InChI=1S/C31H31ClF2N2O2S2/c1-35-21-7-9-22(10-8-21)36(31(37)30-28(32)27-24(33)13-14-25(34)29(27)40-30)17-20-16-19(6-15-26(20)38-2)18-4-11-23(39-3)12-5-18/h4-6,11-16,21-22,35H,7-10,17H2,1-3H3/t21-,22+. The van der Waals surface area contributed by atoms with Gasteiger partial charge >= 0.3 is 0 Å². The number of nitrogens with one attached hydrogen (secondary N) is 1. The molecule has 1 N–H and O–H groups in total. The van der Waals surface area contributed by atoms with Gasteiger partial charge < -0.3 is 15.0 Å². The highest BCUT2D eigenvalue weighted by molar-refractivity contribution is 7.98. The molecule has 9 heteroatoms. The van der Waals surface area contributed by atoms with Gasteiger partial charge in [-0.1, -0.05) is 29.8 Å². The number of ether oxygens (including phenoxy) is 1. The molecule has 0 aliphatic heterocycles. The van der Waals surface area contributed by atoms with Crippen molar-refractivity contribution in [2.45, 2.75) is 49.2 Å². The van der Waals surface area contributed by atoms with E-state index >= 15 is 0 Å². The van der Waals surface area contributed by atoms with Crippen molar-refractivity contribution in [3.8, 4) is 16.9 Å². The molecular formula is C31H31ClF2N2O2S2. The van der Waals surface area contributed by atoms with E-state index in [2.05, 4.69) is 35.6 Å². The summed E-state index contributed by atoms with van der Waals surface area (Å²) in [5.74, 6) is -0.884. The highest BCUT2D eigenvalue weighted by Gasteiger charge is 2.33. The van der Waals surface area contributed by atoms with Crippen molar-refractivity contribution in [3.05, 3.63) is 81.7 Å². The molecule has 0 atom stereocenters. The first-order chi connectivity index (χ1) is 19.3. The number of amides is 1. The zero-order valence-electron chi connectivity index (χ0n) is 22.6. The van der Waals surface area contributed by atoms with E-state index in [9.17, 15) is 13.6 Å². The molecule has 210 valence electrons. The second-order valence-electron chi connectivity index (χ2n) is 9.96. The number of carbonyl (C=O) groups is 1. The van der Waals surface area contributed by atoms with Gasteiger partial charge in [0.25, 0.3) is 5.91 Å². The zero-order valence-corrected chi connectivity index (χ0v) is 25.0. The average molecular weight is 601 g/mol. The van der Waals surface area contributed by atoms with Gasteiger partial charge in [-0.05, 0) is 86.5 Å². The molecule has 0 radical (unpaired) electrons. The molecule has 0 bridgehead atoms. The lowest BCUT2D eigenvalue weighted by atomic mass is 9.89. The van der Waals surface area contributed by atoms with Crippen LogP contribution in [0.1, 0.15) is 40.9 Å². The summed E-state index contributed by atoms with van der Waals surface area (Å²) in [7, 11) is 3.57. The maximum absolute atomic E-state index is 14.6. The maximum Gasteiger partial charge on any atom is 0.266 e. The molecule has 1 heterocycles. The Bertz CT molecular complexity index is 1520.